The summed E-state index contributed by atoms with van der Waals surface area (Å²) in [5, 5.41) is 39.8. The fourth-order valence-electron chi connectivity index (χ4n) is 9.75. The number of rotatable bonds is 10. The Balaban J connectivity index is 1.55. The molecule has 1 aromatic rings. The summed E-state index contributed by atoms with van der Waals surface area (Å²) < 4.78 is 35.9. The van der Waals surface area contributed by atoms with Gasteiger partial charge in [-0.05, 0) is 84.6 Å². The number of hydrogen-bond donors (Lipinski definition) is 4. The lowest BCUT2D eigenvalue weighted by atomic mass is 9.44. The molecule has 16 heteroatoms. The van der Waals surface area contributed by atoms with Gasteiger partial charge in [0, 0.05) is 25.2 Å². The van der Waals surface area contributed by atoms with Gasteiger partial charge in [0.2, 0.25) is 0 Å². The van der Waals surface area contributed by atoms with Gasteiger partial charge in [0.15, 0.2) is 23.6 Å². The van der Waals surface area contributed by atoms with Crippen molar-refractivity contribution in [3.8, 4) is 0 Å². The molecule has 1 aromatic carbocycles. The summed E-state index contributed by atoms with van der Waals surface area (Å²) in [7, 11) is 0. The molecule has 1 unspecified atom stereocenters. The number of nitrogens with one attached hydrogen (secondary N) is 1. The van der Waals surface area contributed by atoms with Crippen molar-refractivity contribution in [1.29, 1.82) is 0 Å². The van der Waals surface area contributed by atoms with Gasteiger partial charge in [-0.1, -0.05) is 43.7 Å². The first-order chi connectivity index (χ1) is 28.3. The lowest BCUT2D eigenvalue weighted by Gasteiger charge is -2.67. The molecule has 0 spiro atoms. The minimum absolute atomic E-state index is 0.0291. The first kappa shape index (κ1) is 45.9. The first-order valence-electron chi connectivity index (χ1n) is 20.7. The Hall–Kier alpha value is -4.64. The fraction of sp³-hybridized carbons (Fsp3) is 0.644. The van der Waals surface area contributed by atoms with Gasteiger partial charge in [-0.3, -0.25) is 14.4 Å². The van der Waals surface area contributed by atoms with E-state index in [4.69, 9.17) is 28.4 Å². The number of ether oxygens (including phenoxy) is 6. The van der Waals surface area contributed by atoms with E-state index in [9.17, 15) is 39.3 Å². The molecule has 3 saturated carbocycles. The summed E-state index contributed by atoms with van der Waals surface area (Å²) >= 11 is 0. The average Bonchev–Trinajstić information content (AvgIpc) is 4.01. The van der Waals surface area contributed by atoms with Crippen LogP contribution in [0.5, 0.6) is 0 Å². The molecule has 0 radical (unpaired) electrons. The predicted octanol–water partition coefficient (Wildman–Crippen LogP) is 3.81. The standard InChI is InChI=1S/C45H59NO15/c1-22(2)18-27(46-40(54)61-41(5,6)7)32(49)39(53)57-28-20-45(55)36(59-38(52)25-14-12-11-13-15-25)34-43(10,29(48)19-30-44(34,21-56-30)60-24(4)47)35(50)33(58-37(51)26-16-17-26)31(23(28)3)42(45,8)9/h11-15,18,26-30,32-34,36,48-49,55H,16-17,19-21H2,1-10H3,(H,46,54)/t27-,28-,29-,30+,32+,33+,34?,36-,43+,44-,45+/m0/s1. The highest BCUT2D eigenvalue weighted by molar-refractivity contribution is 5.96. The van der Waals surface area contributed by atoms with Crippen LogP contribution in [-0.2, 0) is 47.6 Å². The molecule has 11 atom stereocenters. The number of aliphatic hydroxyl groups excluding tert-OH is 2. The number of aliphatic hydroxyl groups is 3. The molecule has 16 nitrogen and oxygen atoms in total. The number of alkyl carbamates (subject to hydrolysis) is 1. The van der Waals surface area contributed by atoms with E-state index in [-0.39, 0.29) is 29.7 Å². The topological polar surface area (TPSA) is 231 Å². The van der Waals surface area contributed by atoms with Crippen LogP contribution in [0.1, 0.15) is 105 Å². The van der Waals surface area contributed by atoms with Crippen LogP contribution in [0.4, 0.5) is 4.79 Å². The van der Waals surface area contributed by atoms with Crippen molar-refractivity contribution in [3.63, 3.8) is 0 Å². The number of allylic oxidation sites excluding steroid dienone is 1. The molecule has 61 heavy (non-hydrogen) atoms. The highest BCUT2D eigenvalue weighted by Gasteiger charge is 2.78. The number of fused-ring (bicyclic) bond motifs is 5. The van der Waals surface area contributed by atoms with Crippen LogP contribution in [0.25, 0.3) is 0 Å². The summed E-state index contributed by atoms with van der Waals surface area (Å²) in [5.41, 5.74) is -7.81. The van der Waals surface area contributed by atoms with Crippen LogP contribution in [0.3, 0.4) is 0 Å². The Labute approximate surface area is 355 Å². The molecule has 1 amide bonds. The first-order valence-corrected chi connectivity index (χ1v) is 20.7. The molecule has 5 aliphatic rings. The number of esters is 4. The molecule has 4 N–H and O–H groups in total. The normalized spacial score (nSPS) is 33.7. The highest BCUT2D eigenvalue weighted by Crippen LogP contribution is 2.64. The Morgan fingerprint density at radius 1 is 0.984 bits per heavy atom. The Morgan fingerprint density at radius 3 is 2.16 bits per heavy atom. The maximum Gasteiger partial charge on any atom is 0.408 e. The fourth-order valence-corrected chi connectivity index (χ4v) is 9.75. The van der Waals surface area contributed by atoms with Crippen LogP contribution >= 0.6 is 0 Å². The van der Waals surface area contributed by atoms with Gasteiger partial charge < -0.3 is 49.1 Å². The van der Waals surface area contributed by atoms with Crippen molar-refractivity contribution in [1.82, 2.24) is 5.32 Å². The number of ketones is 1. The summed E-state index contributed by atoms with van der Waals surface area (Å²) in [5.74, 6) is -6.50. The van der Waals surface area contributed by atoms with Crippen molar-refractivity contribution in [2.45, 2.75) is 154 Å². The maximum atomic E-state index is 15.6. The molecular formula is C45H59NO15. The van der Waals surface area contributed by atoms with E-state index in [0.717, 1.165) is 6.92 Å². The predicted molar refractivity (Wildman–Crippen MR) is 214 cm³/mol. The van der Waals surface area contributed by atoms with Crippen LogP contribution in [0.15, 0.2) is 53.1 Å². The number of Topliss-reactive ketones (excluding diaryl/α,β-unsaturated/α-hetero) is 1. The van der Waals surface area contributed by atoms with Gasteiger partial charge in [0.25, 0.3) is 0 Å². The zero-order chi connectivity index (χ0) is 45.2. The van der Waals surface area contributed by atoms with E-state index in [2.05, 4.69) is 5.32 Å². The minimum atomic E-state index is -2.38. The second-order valence-electron chi connectivity index (χ2n) is 19.1. The zero-order valence-electron chi connectivity index (χ0n) is 36.4. The SMILES string of the molecule is CC(=O)O[C@@]12CO[C@@H]1C[C@H](O)[C@@]1(C)C(=O)[C@H](OC(=O)C3CC3)C3=C(C)[C@@H](OC(=O)[C@H](O)[C@H](C=C(C)C)NC(=O)OC(C)(C)C)C[C@@](O)([C@@H](OC(=O)c4ccccc4)C12)C3(C)C. The Morgan fingerprint density at radius 2 is 1.62 bits per heavy atom. The highest BCUT2D eigenvalue weighted by atomic mass is 16.6. The van der Waals surface area contributed by atoms with Crippen LogP contribution in [-0.4, -0.2) is 117 Å². The van der Waals surface area contributed by atoms with E-state index in [0.29, 0.717) is 18.4 Å². The van der Waals surface area contributed by atoms with Crippen molar-refractivity contribution in [2.24, 2.45) is 22.7 Å². The lowest BCUT2D eigenvalue weighted by Crippen LogP contribution is -2.82. The second kappa shape index (κ2) is 16.2. The molecular weight excluding hydrogens is 794 g/mol. The monoisotopic (exact) mass is 853 g/mol. The Bertz CT molecular complexity index is 2010. The smallest absolute Gasteiger partial charge is 0.408 e. The number of benzene rings is 1. The molecule has 1 aliphatic heterocycles. The molecule has 0 aromatic heterocycles. The second-order valence-corrected chi connectivity index (χ2v) is 19.1. The van der Waals surface area contributed by atoms with E-state index >= 15 is 4.79 Å². The largest absolute Gasteiger partial charge is 0.456 e. The third-order valence-electron chi connectivity index (χ3n) is 13.1. The van der Waals surface area contributed by atoms with Crippen molar-refractivity contribution in [3.05, 3.63) is 58.7 Å². The number of carbonyl (C=O) groups excluding carboxylic acids is 6. The molecule has 4 fully saturated rings. The number of hydrogen-bond acceptors (Lipinski definition) is 15. The van der Waals surface area contributed by atoms with Crippen LogP contribution in [0, 0.1) is 22.7 Å². The van der Waals surface area contributed by atoms with Gasteiger partial charge in [0.1, 0.15) is 29.5 Å². The van der Waals surface area contributed by atoms with Crippen molar-refractivity contribution in [2.75, 3.05) is 6.61 Å². The lowest BCUT2D eigenvalue weighted by molar-refractivity contribution is -0.346. The summed E-state index contributed by atoms with van der Waals surface area (Å²) in [4.78, 5) is 83.5. The quantitative estimate of drug-likeness (QED) is 0.149. The summed E-state index contributed by atoms with van der Waals surface area (Å²) in [6, 6.07) is 6.53. The molecule has 1 heterocycles. The van der Waals surface area contributed by atoms with Crippen molar-refractivity contribution < 1.29 is 72.5 Å². The zero-order valence-corrected chi connectivity index (χ0v) is 36.4. The van der Waals surface area contributed by atoms with Gasteiger partial charge in [0.05, 0.1) is 41.6 Å². The third-order valence-corrected chi connectivity index (χ3v) is 13.1. The van der Waals surface area contributed by atoms with Crippen molar-refractivity contribution >= 4 is 35.8 Å². The number of carbonyl (C=O) groups is 6. The van der Waals surface area contributed by atoms with Gasteiger partial charge in [-0.2, -0.15) is 0 Å². The Kier molecular flexibility index (Phi) is 12.2. The average molecular weight is 854 g/mol. The van der Waals surface area contributed by atoms with E-state index in [1.54, 1.807) is 73.6 Å². The maximum absolute atomic E-state index is 15.6. The molecule has 1 saturated heterocycles. The summed E-state index contributed by atoms with van der Waals surface area (Å²) in [6.07, 6.45) is -8.85. The molecule has 6 rings (SSSR count). The van der Waals surface area contributed by atoms with Crippen LogP contribution < -0.4 is 5.32 Å². The van der Waals surface area contributed by atoms with Crippen LogP contribution in [0.2, 0.25) is 0 Å². The van der Waals surface area contributed by atoms with E-state index in [1.165, 1.54) is 25.1 Å². The summed E-state index contributed by atoms with van der Waals surface area (Å²) in [6.45, 7) is 15.3. The van der Waals surface area contributed by atoms with Gasteiger partial charge in [-0.15, -0.1) is 0 Å². The number of amides is 1. The van der Waals surface area contributed by atoms with Gasteiger partial charge in [-0.25, -0.2) is 14.4 Å². The van der Waals surface area contributed by atoms with E-state index in [1.807, 2.05) is 0 Å². The van der Waals surface area contributed by atoms with E-state index < -0.39 is 124 Å². The molecule has 2 bridgehead atoms. The minimum Gasteiger partial charge on any atom is -0.456 e. The van der Waals surface area contributed by atoms with Gasteiger partial charge >= 0.3 is 30.0 Å². The third kappa shape index (κ3) is 8.23. The molecule has 4 aliphatic carbocycles. The molecule has 334 valence electrons.